The second-order valence-corrected chi connectivity index (χ2v) is 6.51. The zero-order chi connectivity index (χ0) is 18.3. The van der Waals surface area contributed by atoms with Crippen molar-refractivity contribution in [3.63, 3.8) is 0 Å². The number of nitro groups is 1. The van der Waals surface area contributed by atoms with Crippen molar-refractivity contribution < 1.29 is 14.4 Å². The Morgan fingerprint density at radius 3 is 2.65 bits per heavy atom. The standard InChI is InChI=1S/C20H18N2O4/c1-25-15-7-9-16-13(10-15)4-8-17-18(11-19(21)26-20(16)17)12-2-5-14(6-3-12)22(23)24/h2-3,5-7,9-10,18,21H,4,8,11H2,1H3. The van der Waals surface area contributed by atoms with Crippen LogP contribution in [0.2, 0.25) is 0 Å². The highest BCUT2D eigenvalue weighted by Crippen LogP contribution is 2.45. The predicted octanol–water partition coefficient (Wildman–Crippen LogP) is 4.44. The molecule has 0 aromatic heterocycles. The number of methoxy groups -OCH3 is 1. The summed E-state index contributed by atoms with van der Waals surface area (Å²) in [5.41, 5.74) is 4.37. The van der Waals surface area contributed by atoms with Crippen LogP contribution in [0.3, 0.4) is 0 Å². The summed E-state index contributed by atoms with van der Waals surface area (Å²) in [7, 11) is 1.65. The predicted molar refractivity (Wildman–Crippen MR) is 97.5 cm³/mol. The highest BCUT2D eigenvalue weighted by atomic mass is 16.6. The lowest BCUT2D eigenvalue weighted by atomic mass is 9.78. The van der Waals surface area contributed by atoms with Gasteiger partial charge in [-0.2, -0.15) is 0 Å². The lowest BCUT2D eigenvalue weighted by Crippen LogP contribution is -2.23. The first kappa shape index (κ1) is 16.3. The van der Waals surface area contributed by atoms with Crippen LogP contribution in [0.5, 0.6) is 5.75 Å². The third-order valence-corrected chi connectivity index (χ3v) is 5.05. The molecule has 4 rings (SSSR count). The maximum atomic E-state index is 10.9. The van der Waals surface area contributed by atoms with E-state index in [-0.39, 0.29) is 17.5 Å². The van der Waals surface area contributed by atoms with Gasteiger partial charge in [-0.25, -0.2) is 0 Å². The largest absolute Gasteiger partial charge is 0.497 e. The molecule has 0 saturated carbocycles. The van der Waals surface area contributed by atoms with Crippen molar-refractivity contribution in [1.29, 1.82) is 5.41 Å². The molecule has 0 radical (unpaired) electrons. The Kier molecular flexibility index (Phi) is 3.95. The molecule has 0 spiro atoms. The van der Waals surface area contributed by atoms with Gasteiger partial charge in [0.15, 0.2) is 5.90 Å². The maximum Gasteiger partial charge on any atom is 0.269 e. The fourth-order valence-electron chi connectivity index (χ4n) is 3.76. The van der Waals surface area contributed by atoms with Gasteiger partial charge in [0.1, 0.15) is 11.5 Å². The van der Waals surface area contributed by atoms with Crippen LogP contribution >= 0.6 is 0 Å². The molecular formula is C20H18N2O4. The molecule has 6 heteroatoms. The van der Waals surface area contributed by atoms with E-state index in [0.717, 1.165) is 46.6 Å². The fraction of sp³-hybridized carbons (Fsp3) is 0.250. The van der Waals surface area contributed by atoms with Gasteiger partial charge in [0.2, 0.25) is 0 Å². The molecular weight excluding hydrogens is 332 g/mol. The molecule has 0 saturated heterocycles. The first-order valence-corrected chi connectivity index (χ1v) is 8.47. The lowest BCUT2D eigenvalue weighted by Gasteiger charge is -2.33. The second-order valence-electron chi connectivity index (χ2n) is 6.51. The third kappa shape index (κ3) is 2.73. The number of nitrogens with zero attached hydrogens (tertiary/aromatic N) is 1. The minimum atomic E-state index is -0.398. The molecule has 2 aliphatic rings. The Labute approximate surface area is 150 Å². The van der Waals surface area contributed by atoms with Gasteiger partial charge in [0, 0.05) is 30.0 Å². The van der Waals surface area contributed by atoms with Crippen LogP contribution < -0.4 is 4.74 Å². The van der Waals surface area contributed by atoms with E-state index in [9.17, 15) is 10.1 Å². The van der Waals surface area contributed by atoms with Crippen molar-refractivity contribution in [3.05, 3.63) is 74.8 Å². The van der Waals surface area contributed by atoms with E-state index in [1.165, 1.54) is 12.1 Å². The number of fused-ring (bicyclic) bond motifs is 2. The van der Waals surface area contributed by atoms with Crippen LogP contribution in [-0.2, 0) is 11.2 Å². The summed E-state index contributed by atoms with van der Waals surface area (Å²) in [6, 6.07) is 12.5. The number of ether oxygens (including phenoxy) is 2. The summed E-state index contributed by atoms with van der Waals surface area (Å²) >= 11 is 0. The summed E-state index contributed by atoms with van der Waals surface area (Å²) in [5.74, 6) is 1.80. The minimum absolute atomic E-state index is 0.0160. The first-order chi connectivity index (χ1) is 12.6. The smallest absolute Gasteiger partial charge is 0.269 e. The van der Waals surface area contributed by atoms with E-state index in [1.807, 2.05) is 18.2 Å². The van der Waals surface area contributed by atoms with Crippen molar-refractivity contribution in [2.75, 3.05) is 7.11 Å². The summed E-state index contributed by atoms with van der Waals surface area (Å²) in [6.45, 7) is 0. The van der Waals surface area contributed by atoms with E-state index in [2.05, 4.69) is 0 Å². The molecule has 1 atom stereocenters. The molecule has 1 heterocycles. The van der Waals surface area contributed by atoms with E-state index in [0.29, 0.717) is 6.42 Å². The molecule has 0 bridgehead atoms. The Hall–Kier alpha value is -3.15. The molecule has 1 aliphatic carbocycles. The molecule has 1 aliphatic heterocycles. The molecule has 132 valence electrons. The molecule has 0 fully saturated rings. The zero-order valence-electron chi connectivity index (χ0n) is 14.3. The van der Waals surface area contributed by atoms with Crippen molar-refractivity contribution in [3.8, 4) is 5.75 Å². The summed E-state index contributed by atoms with van der Waals surface area (Å²) in [6.07, 6.45) is 2.19. The Morgan fingerprint density at radius 2 is 1.96 bits per heavy atom. The van der Waals surface area contributed by atoms with Crippen LogP contribution in [0.1, 0.15) is 35.4 Å². The number of hydrogen-bond acceptors (Lipinski definition) is 5. The van der Waals surface area contributed by atoms with E-state index in [4.69, 9.17) is 14.9 Å². The Morgan fingerprint density at radius 1 is 1.19 bits per heavy atom. The topological polar surface area (TPSA) is 85.5 Å². The number of aryl methyl sites for hydroxylation is 1. The van der Waals surface area contributed by atoms with E-state index < -0.39 is 4.92 Å². The Balaban J connectivity index is 1.77. The van der Waals surface area contributed by atoms with Crippen molar-refractivity contribution >= 4 is 17.3 Å². The van der Waals surface area contributed by atoms with Gasteiger partial charge in [-0.15, -0.1) is 0 Å². The number of benzene rings is 2. The highest BCUT2D eigenvalue weighted by molar-refractivity contribution is 5.87. The van der Waals surface area contributed by atoms with Crippen LogP contribution in [0.15, 0.2) is 48.0 Å². The van der Waals surface area contributed by atoms with Gasteiger partial charge < -0.3 is 9.47 Å². The fourth-order valence-corrected chi connectivity index (χ4v) is 3.76. The van der Waals surface area contributed by atoms with Gasteiger partial charge >= 0.3 is 0 Å². The number of hydrogen-bond donors (Lipinski definition) is 1. The number of nitro benzene ring substituents is 1. The maximum absolute atomic E-state index is 10.9. The normalized spacial score (nSPS) is 18.7. The number of nitrogens with one attached hydrogen (secondary N) is 1. The quantitative estimate of drug-likeness (QED) is 0.655. The van der Waals surface area contributed by atoms with Crippen LogP contribution in [0.25, 0.3) is 5.76 Å². The molecule has 1 unspecified atom stereocenters. The molecule has 0 amide bonds. The minimum Gasteiger partial charge on any atom is -0.497 e. The summed E-state index contributed by atoms with van der Waals surface area (Å²) in [4.78, 5) is 10.5. The van der Waals surface area contributed by atoms with Crippen molar-refractivity contribution in [2.45, 2.75) is 25.2 Å². The van der Waals surface area contributed by atoms with Gasteiger partial charge in [0.05, 0.1) is 12.0 Å². The first-order valence-electron chi connectivity index (χ1n) is 8.47. The molecule has 6 nitrogen and oxygen atoms in total. The van der Waals surface area contributed by atoms with Crippen molar-refractivity contribution in [1.82, 2.24) is 0 Å². The van der Waals surface area contributed by atoms with Crippen LogP contribution in [0, 0.1) is 15.5 Å². The molecule has 2 aromatic carbocycles. The third-order valence-electron chi connectivity index (χ3n) is 5.05. The number of rotatable bonds is 3. The van der Waals surface area contributed by atoms with Gasteiger partial charge in [0.25, 0.3) is 5.69 Å². The summed E-state index contributed by atoms with van der Waals surface area (Å²) in [5, 5.41) is 19.0. The lowest BCUT2D eigenvalue weighted by molar-refractivity contribution is -0.384. The van der Waals surface area contributed by atoms with Crippen molar-refractivity contribution in [2.24, 2.45) is 0 Å². The molecule has 26 heavy (non-hydrogen) atoms. The number of non-ortho nitro benzene ring substituents is 1. The van der Waals surface area contributed by atoms with Gasteiger partial charge in [-0.3, -0.25) is 15.5 Å². The Bertz CT molecular complexity index is 931. The molecule has 1 N–H and O–H groups in total. The van der Waals surface area contributed by atoms with Crippen LogP contribution in [-0.4, -0.2) is 17.9 Å². The monoisotopic (exact) mass is 350 g/mol. The van der Waals surface area contributed by atoms with Crippen LogP contribution in [0.4, 0.5) is 5.69 Å². The number of allylic oxidation sites excluding steroid dienone is 1. The second kappa shape index (κ2) is 6.29. The average molecular weight is 350 g/mol. The van der Waals surface area contributed by atoms with Gasteiger partial charge in [-0.05, 0) is 47.7 Å². The van der Waals surface area contributed by atoms with E-state index >= 15 is 0 Å². The SMILES string of the molecule is COc1ccc2c(c1)CCC1=C2OC(=N)CC1c1ccc([N+](=O)[O-])cc1. The van der Waals surface area contributed by atoms with Gasteiger partial charge in [-0.1, -0.05) is 12.1 Å². The summed E-state index contributed by atoms with van der Waals surface area (Å²) < 4.78 is 11.1. The van der Waals surface area contributed by atoms with E-state index in [1.54, 1.807) is 19.2 Å². The zero-order valence-corrected chi connectivity index (χ0v) is 14.3. The average Bonchev–Trinajstić information content (AvgIpc) is 2.66. The highest BCUT2D eigenvalue weighted by Gasteiger charge is 2.33. The molecule has 2 aromatic rings.